The molecule has 0 N–H and O–H groups in total. The summed E-state index contributed by atoms with van der Waals surface area (Å²) < 4.78 is 40.3. The number of piperidine rings is 1. The van der Waals surface area contributed by atoms with Crippen LogP contribution >= 0.6 is 0 Å². The van der Waals surface area contributed by atoms with Gasteiger partial charge >= 0.3 is 6.18 Å². The van der Waals surface area contributed by atoms with Crippen LogP contribution in [0.4, 0.5) is 13.2 Å². The summed E-state index contributed by atoms with van der Waals surface area (Å²) in [6.45, 7) is 4.33. The molecule has 2 aromatic rings. The van der Waals surface area contributed by atoms with Gasteiger partial charge in [-0.05, 0) is 44.7 Å². The predicted octanol–water partition coefficient (Wildman–Crippen LogP) is 4.07. The number of fused-ring (bicyclic) bond motifs is 1. The van der Waals surface area contributed by atoms with Crippen molar-refractivity contribution in [2.75, 3.05) is 6.54 Å². The normalized spacial score (nSPS) is 19.0. The highest BCUT2D eigenvalue weighted by atomic mass is 19.4. The number of aryl methyl sites for hydroxylation is 1. The van der Waals surface area contributed by atoms with Crippen LogP contribution in [0.2, 0.25) is 0 Å². The number of hydrogen-bond acceptors (Lipinski definition) is 2. The molecular weight excluding hydrogens is 319 g/mol. The molecule has 7 heteroatoms. The van der Waals surface area contributed by atoms with Gasteiger partial charge in [0.25, 0.3) is 5.91 Å². The van der Waals surface area contributed by atoms with Crippen LogP contribution in [0.15, 0.2) is 18.3 Å². The Labute approximate surface area is 138 Å². The second kappa shape index (κ2) is 6.11. The summed E-state index contributed by atoms with van der Waals surface area (Å²) in [7, 11) is 0. The molecule has 0 aromatic carbocycles. The van der Waals surface area contributed by atoms with Crippen molar-refractivity contribution in [2.24, 2.45) is 0 Å². The fourth-order valence-electron chi connectivity index (χ4n) is 3.42. The summed E-state index contributed by atoms with van der Waals surface area (Å²) in [4.78, 5) is 19.1. The van der Waals surface area contributed by atoms with E-state index in [1.807, 2.05) is 6.92 Å². The number of halogens is 3. The Bertz CT molecular complexity index is 766. The number of pyridine rings is 1. The van der Waals surface area contributed by atoms with Crippen LogP contribution in [-0.4, -0.2) is 32.8 Å². The van der Waals surface area contributed by atoms with Crippen molar-refractivity contribution in [3.05, 3.63) is 35.3 Å². The fourth-order valence-corrected chi connectivity index (χ4v) is 3.42. The molecule has 0 bridgehead atoms. The van der Waals surface area contributed by atoms with Gasteiger partial charge in [0.2, 0.25) is 0 Å². The minimum Gasteiger partial charge on any atom is -0.334 e. The van der Waals surface area contributed by atoms with Gasteiger partial charge in [-0.15, -0.1) is 0 Å². The number of rotatable bonds is 2. The van der Waals surface area contributed by atoms with Gasteiger partial charge < -0.3 is 4.90 Å². The third kappa shape index (κ3) is 2.87. The first-order valence-corrected chi connectivity index (χ1v) is 8.19. The SMILES string of the molecule is CCC1CCCCN1C(=O)c1c(C)nc2ccc(C(F)(F)F)cn12. The Morgan fingerprint density at radius 1 is 1.33 bits per heavy atom. The molecule has 2 aromatic heterocycles. The van der Waals surface area contributed by atoms with Gasteiger partial charge in [0.15, 0.2) is 0 Å². The zero-order valence-corrected chi connectivity index (χ0v) is 13.7. The first kappa shape index (κ1) is 16.8. The first-order chi connectivity index (χ1) is 11.3. The van der Waals surface area contributed by atoms with E-state index in [9.17, 15) is 18.0 Å². The van der Waals surface area contributed by atoms with Crippen molar-refractivity contribution in [1.29, 1.82) is 0 Å². The number of aromatic nitrogens is 2. The van der Waals surface area contributed by atoms with Crippen molar-refractivity contribution >= 4 is 11.6 Å². The van der Waals surface area contributed by atoms with E-state index in [0.717, 1.165) is 37.9 Å². The van der Waals surface area contributed by atoms with Gasteiger partial charge in [0, 0.05) is 18.8 Å². The maximum Gasteiger partial charge on any atom is 0.417 e. The molecule has 0 aliphatic carbocycles. The number of carbonyl (C=O) groups excluding carboxylic acids is 1. The van der Waals surface area contributed by atoms with Crippen molar-refractivity contribution < 1.29 is 18.0 Å². The molecule has 1 aliphatic heterocycles. The zero-order valence-electron chi connectivity index (χ0n) is 13.7. The average molecular weight is 339 g/mol. The molecule has 1 atom stereocenters. The summed E-state index contributed by atoms with van der Waals surface area (Å²) in [6.07, 6.45) is 0.289. The van der Waals surface area contributed by atoms with Crippen LogP contribution in [0.5, 0.6) is 0 Å². The Kier molecular flexibility index (Phi) is 4.27. The minimum absolute atomic E-state index is 0.141. The second-order valence-electron chi connectivity index (χ2n) is 6.25. The van der Waals surface area contributed by atoms with E-state index < -0.39 is 11.7 Å². The van der Waals surface area contributed by atoms with Crippen LogP contribution < -0.4 is 0 Å². The lowest BCUT2D eigenvalue weighted by Gasteiger charge is -2.35. The molecule has 3 heterocycles. The molecule has 4 nitrogen and oxygen atoms in total. The van der Waals surface area contributed by atoms with Crippen molar-refractivity contribution in [2.45, 2.75) is 51.7 Å². The number of likely N-dealkylation sites (tertiary alicyclic amines) is 1. The highest BCUT2D eigenvalue weighted by molar-refractivity contribution is 5.95. The third-order valence-electron chi connectivity index (χ3n) is 4.68. The molecule has 1 saturated heterocycles. The standard InChI is InChI=1S/C17H20F3N3O/c1-3-13-6-4-5-9-22(13)16(24)15-11(2)21-14-8-7-12(10-23(14)15)17(18,19)20/h7-8,10,13H,3-6,9H2,1-2H3. The van der Waals surface area contributed by atoms with Crippen molar-refractivity contribution in [1.82, 2.24) is 14.3 Å². The number of alkyl halides is 3. The number of imidazole rings is 1. The quantitative estimate of drug-likeness (QED) is 0.827. The average Bonchev–Trinajstić information content (AvgIpc) is 2.88. The van der Waals surface area contributed by atoms with Crippen LogP contribution in [-0.2, 0) is 6.18 Å². The maximum absolute atomic E-state index is 13.0. The maximum atomic E-state index is 13.0. The summed E-state index contributed by atoms with van der Waals surface area (Å²) >= 11 is 0. The van der Waals surface area contributed by atoms with E-state index in [-0.39, 0.29) is 17.6 Å². The summed E-state index contributed by atoms with van der Waals surface area (Å²) in [5.41, 5.74) is 0.261. The fraction of sp³-hybridized carbons (Fsp3) is 0.529. The molecule has 1 fully saturated rings. The van der Waals surface area contributed by atoms with Crippen LogP contribution in [0.3, 0.4) is 0 Å². The predicted molar refractivity (Wildman–Crippen MR) is 83.9 cm³/mol. The van der Waals surface area contributed by atoms with Gasteiger partial charge in [0.1, 0.15) is 11.3 Å². The van der Waals surface area contributed by atoms with Crippen LogP contribution in [0, 0.1) is 6.92 Å². The summed E-state index contributed by atoms with van der Waals surface area (Å²) in [5, 5.41) is 0. The van der Waals surface area contributed by atoms with Crippen LogP contribution in [0.1, 0.15) is 54.4 Å². The van der Waals surface area contributed by atoms with Gasteiger partial charge in [-0.2, -0.15) is 13.2 Å². The van der Waals surface area contributed by atoms with Gasteiger partial charge in [0.05, 0.1) is 11.3 Å². The van der Waals surface area contributed by atoms with Crippen molar-refractivity contribution in [3.63, 3.8) is 0 Å². The minimum atomic E-state index is -4.45. The third-order valence-corrected chi connectivity index (χ3v) is 4.68. The van der Waals surface area contributed by atoms with Crippen molar-refractivity contribution in [3.8, 4) is 0 Å². The van der Waals surface area contributed by atoms with E-state index in [1.165, 1.54) is 10.5 Å². The molecule has 3 rings (SSSR count). The Morgan fingerprint density at radius 2 is 2.08 bits per heavy atom. The lowest BCUT2D eigenvalue weighted by atomic mass is 9.99. The molecule has 1 amide bonds. The number of amides is 1. The number of hydrogen-bond donors (Lipinski definition) is 0. The van der Waals surface area contributed by atoms with Gasteiger partial charge in [-0.25, -0.2) is 4.98 Å². The molecule has 1 aliphatic rings. The van der Waals surface area contributed by atoms with Gasteiger partial charge in [-0.1, -0.05) is 6.92 Å². The monoisotopic (exact) mass is 339 g/mol. The lowest BCUT2D eigenvalue weighted by molar-refractivity contribution is -0.137. The molecule has 0 radical (unpaired) electrons. The molecular formula is C17H20F3N3O. The van der Waals surface area contributed by atoms with Gasteiger partial charge in [-0.3, -0.25) is 9.20 Å². The Hall–Kier alpha value is -2.05. The molecule has 1 unspecified atom stereocenters. The Balaban J connectivity index is 2.07. The zero-order chi connectivity index (χ0) is 17.5. The lowest BCUT2D eigenvalue weighted by Crippen LogP contribution is -2.44. The summed E-state index contributed by atoms with van der Waals surface area (Å²) in [5.74, 6) is -0.231. The molecule has 0 spiro atoms. The van der Waals surface area contributed by atoms with E-state index in [4.69, 9.17) is 0 Å². The Morgan fingerprint density at radius 3 is 2.75 bits per heavy atom. The van der Waals surface area contributed by atoms with Crippen LogP contribution in [0.25, 0.3) is 5.65 Å². The highest BCUT2D eigenvalue weighted by Crippen LogP contribution is 2.30. The number of carbonyl (C=O) groups is 1. The molecule has 130 valence electrons. The second-order valence-corrected chi connectivity index (χ2v) is 6.25. The molecule has 0 saturated carbocycles. The smallest absolute Gasteiger partial charge is 0.334 e. The largest absolute Gasteiger partial charge is 0.417 e. The van der Waals surface area contributed by atoms with E-state index in [2.05, 4.69) is 4.98 Å². The highest BCUT2D eigenvalue weighted by Gasteiger charge is 2.33. The summed E-state index contributed by atoms with van der Waals surface area (Å²) in [6, 6.07) is 2.44. The number of nitrogens with zero attached hydrogens (tertiary/aromatic N) is 3. The van der Waals surface area contributed by atoms with E-state index >= 15 is 0 Å². The molecule has 24 heavy (non-hydrogen) atoms. The first-order valence-electron chi connectivity index (χ1n) is 8.19. The van der Waals surface area contributed by atoms with E-state index in [1.54, 1.807) is 11.8 Å². The topological polar surface area (TPSA) is 37.6 Å². The van der Waals surface area contributed by atoms with E-state index in [0.29, 0.717) is 17.9 Å².